The monoisotopic (exact) mass is 495 g/mol. The zero-order valence-electron chi connectivity index (χ0n) is 21.9. The summed E-state index contributed by atoms with van der Waals surface area (Å²) in [7, 11) is -2.30. The lowest BCUT2D eigenvalue weighted by Crippen LogP contribution is -2.52. The number of piperidine rings is 1. The number of carbonyl (C=O) groups is 1. The molecular weight excluding hydrogens is 453 g/mol. The number of likely N-dealkylation sites (tertiary alicyclic amines) is 1. The van der Waals surface area contributed by atoms with Gasteiger partial charge in [0.1, 0.15) is 5.82 Å². The molecule has 1 N–H and O–H groups in total. The molecular formula is C30H42FNO2Si. The van der Waals surface area contributed by atoms with E-state index in [-0.39, 0.29) is 22.2 Å². The summed E-state index contributed by atoms with van der Waals surface area (Å²) in [6, 6.07) is 17.5. The number of hydrogen-bond acceptors (Lipinski definition) is 2. The Balaban J connectivity index is 1.56. The predicted octanol–water partition coefficient (Wildman–Crippen LogP) is 6.96. The summed E-state index contributed by atoms with van der Waals surface area (Å²) in [5.41, 5.74) is 1.62. The number of nitrogens with zero attached hydrogens (tertiary/aromatic N) is 1. The normalized spacial score (nSPS) is 20.1. The van der Waals surface area contributed by atoms with Gasteiger partial charge in [-0.2, -0.15) is 0 Å². The molecule has 4 rings (SSSR count). The van der Waals surface area contributed by atoms with Crippen LogP contribution in [0.1, 0.15) is 76.3 Å². The summed E-state index contributed by atoms with van der Waals surface area (Å²) >= 11 is 0. The SMILES string of the molecule is CC(C)(CCC1(c2ccccc2)CCN(C(=O)C2(c3cccc(F)c3)CCCC2)CC1)[Si](C)(C)O. The summed E-state index contributed by atoms with van der Waals surface area (Å²) < 4.78 is 14.1. The second-order valence-corrected chi connectivity index (χ2v) is 16.7. The second-order valence-electron chi connectivity index (χ2n) is 12.2. The Morgan fingerprint density at radius 1 is 0.971 bits per heavy atom. The Morgan fingerprint density at radius 2 is 1.57 bits per heavy atom. The fourth-order valence-electron chi connectivity index (χ4n) is 6.16. The molecule has 2 aromatic carbocycles. The quantitative estimate of drug-likeness (QED) is 0.422. The highest BCUT2D eigenvalue weighted by Gasteiger charge is 2.48. The second kappa shape index (κ2) is 9.82. The average Bonchev–Trinajstić information content (AvgIpc) is 3.34. The molecule has 0 spiro atoms. The van der Waals surface area contributed by atoms with Crippen molar-refractivity contribution in [2.45, 2.75) is 94.2 Å². The van der Waals surface area contributed by atoms with Crippen molar-refractivity contribution in [2.24, 2.45) is 0 Å². The maximum Gasteiger partial charge on any atom is 0.233 e. The van der Waals surface area contributed by atoms with E-state index < -0.39 is 13.7 Å². The standard InChI is InChI=1S/C30H42FNO2Si/c1-28(2,35(3,4)34)17-18-29(24-11-6-5-7-12-24)19-21-32(22-20-29)27(33)30(15-8-9-16-30)25-13-10-14-26(31)23-25/h5-7,10-14,23,34H,8-9,15-22H2,1-4H3. The van der Waals surface area contributed by atoms with Crippen molar-refractivity contribution in [1.82, 2.24) is 4.90 Å². The van der Waals surface area contributed by atoms with E-state index in [1.807, 2.05) is 19.2 Å². The third-order valence-corrected chi connectivity index (χ3v) is 13.1. The van der Waals surface area contributed by atoms with Crippen LogP contribution in [0.2, 0.25) is 18.1 Å². The first-order chi connectivity index (χ1) is 16.5. The summed E-state index contributed by atoms with van der Waals surface area (Å²) in [6.45, 7) is 9.95. The zero-order valence-corrected chi connectivity index (χ0v) is 22.9. The van der Waals surface area contributed by atoms with E-state index in [0.29, 0.717) is 0 Å². The van der Waals surface area contributed by atoms with Crippen LogP contribution < -0.4 is 0 Å². The Kier molecular flexibility index (Phi) is 7.32. The molecule has 0 atom stereocenters. The highest BCUT2D eigenvalue weighted by molar-refractivity contribution is 6.72. The Hall–Kier alpha value is -1.98. The highest BCUT2D eigenvalue weighted by atomic mass is 28.4. The van der Waals surface area contributed by atoms with Crippen molar-refractivity contribution in [1.29, 1.82) is 0 Å². The Labute approximate surface area is 211 Å². The van der Waals surface area contributed by atoms with Gasteiger partial charge in [0, 0.05) is 13.1 Å². The van der Waals surface area contributed by atoms with Gasteiger partial charge < -0.3 is 9.70 Å². The van der Waals surface area contributed by atoms with Crippen LogP contribution in [0.5, 0.6) is 0 Å². The van der Waals surface area contributed by atoms with Gasteiger partial charge in [-0.3, -0.25) is 4.79 Å². The van der Waals surface area contributed by atoms with E-state index in [1.54, 1.807) is 12.1 Å². The van der Waals surface area contributed by atoms with Crippen molar-refractivity contribution >= 4 is 14.2 Å². The molecule has 3 nitrogen and oxygen atoms in total. The van der Waals surface area contributed by atoms with Gasteiger partial charge in [-0.05, 0) is 85.3 Å². The van der Waals surface area contributed by atoms with E-state index in [1.165, 1.54) is 11.6 Å². The lowest BCUT2D eigenvalue weighted by molar-refractivity contribution is -0.139. The maximum atomic E-state index is 14.1. The largest absolute Gasteiger partial charge is 0.432 e. The van der Waals surface area contributed by atoms with Crippen LogP contribution in [0.25, 0.3) is 0 Å². The lowest BCUT2D eigenvalue weighted by atomic mass is 9.68. The molecule has 1 saturated heterocycles. The minimum atomic E-state index is -2.30. The van der Waals surface area contributed by atoms with Crippen LogP contribution in [-0.2, 0) is 15.6 Å². The predicted molar refractivity (Wildman–Crippen MR) is 143 cm³/mol. The Bertz CT molecular complexity index is 1020. The van der Waals surface area contributed by atoms with Gasteiger partial charge in [-0.1, -0.05) is 69.2 Å². The van der Waals surface area contributed by atoms with Crippen molar-refractivity contribution < 1.29 is 14.0 Å². The highest BCUT2D eigenvalue weighted by Crippen LogP contribution is 2.48. The van der Waals surface area contributed by atoms with Gasteiger partial charge in [0.25, 0.3) is 0 Å². The molecule has 1 saturated carbocycles. The Morgan fingerprint density at radius 3 is 2.14 bits per heavy atom. The van der Waals surface area contributed by atoms with Gasteiger partial charge in [0.15, 0.2) is 8.32 Å². The van der Waals surface area contributed by atoms with Gasteiger partial charge in [0.2, 0.25) is 5.91 Å². The number of benzene rings is 2. The summed E-state index contributed by atoms with van der Waals surface area (Å²) in [4.78, 5) is 27.0. The van der Waals surface area contributed by atoms with E-state index >= 15 is 0 Å². The summed E-state index contributed by atoms with van der Waals surface area (Å²) in [5, 5.41) is -0.0764. The van der Waals surface area contributed by atoms with E-state index in [4.69, 9.17) is 0 Å². The van der Waals surface area contributed by atoms with Gasteiger partial charge in [-0.25, -0.2) is 4.39 Å². The van der Waals surface area contributed by atoms with Gasteiger partial charge in [-0.15, -0.1) is 0 Å². The number of amides is 1. The zero-order chi connectivity index (χ0) is 25.3. The summed E-state index contributed by atoms with van der Waals surface area (Å²) in [6.07, 6.45) is 7.47. The van der Waals surface area contributed by atoms with Crippen molar-refractivity contribution in [3.05, 3.63) is 71.5 Å². The topological polar surface area (TPSA) is 40.5 Å². The molecule has 5 heteroatoms. The molecule has 1 aliphatic heterocycles. The van der Waals surface area contributed by atoms with Crippen molar-refractivity contribution in [2.75, 3.05) is 13.1 Å². The third-order valence-electron chi connectivity index (χ3n) is 9.52. The fraction of sp³-hybridized carbons (Fsp3) is 0.567. The van der Waals surface area contributed by atoms with Crippen LogP contribution in [0.4, 0.5) is 4.39 Å². The molecule has 35 heavy (non-hydrogen) atoms. The molecule has 2 aliphatic rings. The number of carbonyl (C=O) groups excluding carboxylic acids is 1. The van der Waals surface area contributed by atoms with Crippen LogP contribution in [0.15, 0.2) is 54.6 Å². The van der Waals surface area contributed by atoms with E-state index in [2.05, 4.69) is 49.1 Å². The molecule has 1 heterocycles. The number of rotatable bonds is 7. The molecule has 1 amide bonds. The first-order valence-electron chi connectivity index (χ1n) is 13.3. The fourth-order valence-corrected chi connectivity index (χ4v) is 6.90. The van der Waals surface area contributed by atoms with Crippen molar-refractivity contribution in [3.63, 3.8) is 0 Å². The molecule has 0 radical (unpaired) electrons. The number of hydrogen-bond donors (Lipinski definition) is 1. The molecule has 0 unspecified atom stereocenters. The molecule has 190 valence electrons. The van der Waals surface area contributed by atoms with Crippen molar-refractivity contribution in [3.8, 4) is 0 Å². The lowest BCUT2D eigenvalue weighted by Gasteiger charge is -2.47. The molecule has 2 fully saturated rings. The van der Waals surface area contributed by atoms with Crippen LogP contribution in [0.3, 0.4) is 0 Å². The third kappa shape index (κ3) is 5.13. The minimum Gasteiger partial charge on any atom is -0.432 e. The molecule has 1 aliphatic carbocycles. The first kappa shape index (κ1) is 26.1. The molecule has 0 aromatic heterocycles. The van der Waals surface area contributed by atoms with Gasteiger partial charge >= 0.3 is 0 Å². The molecule has 2 aromatic rings. The van der Waals surface area contributed by atoms with E-state index in [9.17, 15) is 14.0 Å². The first-order valence-corrected chi connectivity index (χ1v) is 16.3. The van der Waals surface area contributed by atoms with Crippen LogP contribution >= 0.6 is 0 Å². The summed E-state index contributed by atoms with van der Waals surface area (Å²) in [5.74, 6) is -0.0761. The number of halogens is 1. The smallest absolute Gasteiger partial charge is 0.233 e. The molecule has 0 bridgehead atoms. The van der Waals surface area contributed by atoms with E-state index in [0.717, 1.165) is 70.0 Å². The minimum absolute atomic E-state index is 0.0106. The van der Waals surface area contributed by atoms with Crippen LogP contribution in [0, 0.1) is 5.82 Å². The average molecular weight is 496 g/mol. The maximum absolute atomic E-state index is 14.1. The van der Waals surface area contributed by atoms with Crippen LogP contribution in [-0.4, -0.2) is 37.0 Å². The van der Waals surface area contributed by atoms with Gasteiger partial charge in [0.05, 0.1) is 5.41 Å².